The highest BCUT2D eigenvalue weighted by Crippen LogP contribution is 2.19. The van der Waals surface area contributed by atoms with Crippen molar-refractivity contribution in [3.63, 3.8) is 0 Å². The maximum atomic E-state index is 12.2. The minimum Gasteiger partial charge on any atom is -0.493 e. The van der Waals surface area contributed by atoms with Crippen LogP contribution in [-0.2, 0) is 9.59 Å². The molecule has 5 nitrogen and oxygen atoms in total. The van der Waals surface area contributed by atoms with Gasteiger partial charge in [0.15, 0.2) is 0 Å². The molecule has 108 valence electrons. The lowest BCUT2D eigenvalue weighted by atomic mass is 10.1. The van der Waals surface area contributed by atoms with Gasteiger partial charge in [-0.05, 0) is 18.6 Å². The number of nitrogens with zero attached hydrogens (tertiary/aromatic N) is 1. The Morgan fingerprint density at radius 3 is 2.70 bits per heavy atom. The molecule has 1 aromatic rings. The molecule has 0 radical (unpaired) electrons. The van der Waals surface area contributed by atoms with Crippen molar-refractivity contribution in [3.8, 4) is 5.75 Å². The molecule has 0 saturated carbocycles. The molecule has 2 rings (SSSR count). The van der Waals surface area contributed by atoms with E-state index in [-0.39, 0.29) is 11.8 Å². The van der Waals surface area contributed by atoms with Crippen LogP contribution in [0.2, 0.25) is 0 Å². The number of para-hydroxylation sites is 1. The molecule has 20 heavy (non-hydrogen) atoms. The number of benzene rings is 1. The molecule has 0 unspecified atom stereocenters. The van der Waals surface area contributed by atoms with E-state index in [2.05, 4.69) is 0 Å². The molecule has 1 saturated heterocycles. The minimum absolute atomic E-state index is 0.0373. The number of carboxylic acid groups (broad SMARTS) is 1. The first-order valence-corrected chi connectivity index (χ1v) is 6.77. The predicted octanol–water partition coefficient (Wildman–Crippen LogP) is 1.63. The van der Waals surface area contributed by atoms with Crippen LogP contribution in [0.15, 0.2) is 30.3 Å². The molecule has 0 aliphatic carbocycles. The van der Waals surface area contributed by atoms with Gasteiger partial charge in [0.2, 0.25) is 5.91 Å². The molecular formula is C15H19NO4. The number of hydrogen-bond donors (Lipinski definition) is 1. The summed E-state index contributed by atoms with van der Waals surface area (Å²) in [6, 6.07) is 9.33. The van der Waals surface area contributed by atoms with Crippen molar-refractivity contribution in [2.75, 3.05) is 19.7 Å². The van der Waals surface area contributed by atoms with Gasteiger partial charge in [0.1, 0.15) is 5.75 Å². The summed E-state index contributed by atoms with van der Waals surface area (Å²) in [5.74, 6) is -0.834. The van der Waals surface area contributed by atoms with E-state index in [4.69, 9.17) is 9.84 Å². The van der Waals surface area contributed by atoms with Gasteiger partial charge < -0.3 is 14.7 Å². The average molecular weight is 277 g/mol. The molecule has 1 amide bonds. The number of likely N-dealkylation sites (tertiary alicyclic amines) is 1. The van der Waals surface area contributed by atoms with Crippen molar-refractivity contribution in [1.82, 2.24) is 4.90 Å². The van der Waals surface area contributed by atoms with E-state index < -0.39 is 11.9 Å². The summed E-state index contributed by atoms with van der Waals surface area (Å²) in [4.78, 5) is 24.7. The molecule has 0 spiro atoms. The van der Waals surface area contributed by atoms with Gasteiger partial charge >= 0.3 is 5.97 Å². The summed E-state index contributed by atoms with van der Waals surface area (Å²) in [6.07, 6.45) is 0.535. The summed E-state index contributed by atoms with van der Waals surface area (Å²) in [6.45, 7) is 2.94. The fourth-order valence-corrected chi connectivity index (χ4v) is 2.28. The molecule has 1 fully saturated rings. The van der Waals surface area contributed by atoms with Crippen LogP contribution in [0, 0.1) is 11.8 Å². The van der Waals surface area contributed by atoms with Gasteiger partial charge in [-0.3, -0.25) is 9.59 Å². The van der Waals surface area contributed by atoms with Crippen LogP contribution in [-0.4, -0.2) is 41.6 Å². The summed E-state index contributed by atoms with van der Waals surface area (Å²) in [7, 11) is 0. The Morgan fingerprint density at radius 2 is 2.10 bits per heavy atom. The third-order valence-corrected chi connectivity index (χ3v) is 3.51. The monoisotopic (exact) mass is 277 g/mol. The molecule has 5 heteroatoms. The van der Waals surface area contributed by atoms with Crippen LogP contribution >= 0.6 is 0 Å². The van der Waals surface area contributed by atoms with Crippen molar-refractivity contribution < 1.29 is 19.4 Å². The number of rotatable bonds is 5. The topological polar surface area (TPSA) is 66.8 Å². The van der Waals surface area contributed by atoms with E-state index in [9.17, 15) is 9.59 Å². The molecule has 0 aromatic heterocycles. The van der Waals surface area contributed by atoms with Crippen LogP contribution in [0.25, 0.3) is 0 Å². The number of aliphatic carboxylic acids is 1. The maximum absolute atomic E-state index is 12.2. The van der Waals surface area contributed by atoms with Gasteiger partial charge in [0.05, 0.1) is 18.4 Å². The van der Waals surface area contributed by atoms with Crippen molar-refractivity contribution >= 4 is 11.9 Å². The number of ether oxygens (including phenoxy) is 1. The molecule has 0 bridgehead atoms. The number of amides is 1. The Kier molecular flexibility index (Phi) is 4.61. The number of carbonyl (C=O) groups is 2. The van der Waals surface area contributed by atoms with E-state index in [0.29, 0.717) is 26.1 Å². The normalized spacial score (nSPS) is 19.6. The first-order chi connectivity index (χ1) is 9.58. The zero-order chi connectivity index (χ0) is 14.5. The summed E-state index contributed by atoms with van der Waals surface area (Å²) < 4.78 is 5.56. The highest BCUT2D eigenvalue weighted by molar-refractivity contribution is 5.80. The zero-order valence-electron chi connectivity index (χ0n) is 11.5. The van der Waals surface area contributed by atoms with Gasteiger partial charge in [-0.2, -0.15) is 0 Å². The van der Waals surface area contributed by atoms with Gasteiger partial charge in [-0.1, -0.05) is 25.1 Å². The Morgan fingerprint density at radius 1 is 1.40 bits per heavy atom. The lowest BCUT2D eigenvalue weighted by Crippen LogP contribution is -2.36. The SMILES string of the molecule is C[C@H](COc1ccccc1)C(=O)N1CC[C@H](C(=O)O)C1. The van der Waals surface area contributed by atoms with Gasteiger partial charge in [-0.15, -0.1) is 0 Å². The highest BCUT2D eigenvalue weighted by atomic mass is 16.5. The Hall–Kier alpha value is -2.04. The van der Waals surface area contributed by atoms with E-state index >= 15 is 0 Å². The Balaban J connectivity index is 1.82. The summed E-state index contributed by atoms with van der Waals surface area (Å²) in [5, 5.41) is 8.94. The predicted molar refractivity (Wildman–Crippen MR) is 73.4 cm³/mol. The number of carbonyl (C=O) groups excluding carboxylic acids is 1. The van der Waals surface area contributed by atoms with Crippen molar-refractivity contribution in [1.29, 1.82) is 0 Å². The number of carboxylic acids is 1. The van der Waals surface area contributed by atoms with E-state index in [1.807, 2.05) is 30.3 Å². The third kappa shape index (κ3) is 3.50. The fourth-order valence-electron chi connectivity index (χ4n) is 2.28. The molecular weight excluding hydrogens is 258 g/mol. The first-order valence-electron chi connectivity index (χ1n) is 6.77. The summed E-state index contributed by atoms with van der Waals surface area (Å²) >= 11 is 0. The van der Waals surface area contributed by atoms with Gasteiger partial charge in [0.25, 0.3) is 0 Å². The van der Waals surface area contributed by atoms with Gasteiger partial charge in [-0.25, -0.2) is 0 Å². The van der Waals surface area contributed by atoms with Crippen LogP contribution in [0.5, 0.6) is 5.75 Å². The second-order valence-electron chi connectivity index (χ2n) is 5.13. The van der Waals surface area contributed by atoms with Crippen molar-refractivity contribution in [2.45, 2.75) is 13.3 Å². The second kappa shape index (κ2) is 6.41. The molecule has 1 N–H and O–H groups in total. The van der Waals surface area contributed by atoms with Crippen LogP contribution in [0.4, 0.5) is 0 Å². The number of hydrogen-bond acceptors (Lipinski definition) is 3. The second-order valence-corrected chi connectivity index (χ2v) is 5.13. The average Bonchev–Trinajstić information content (AvgIpc) is 2.95. The molecule has 2 atom stereocenters. The van der Waals surface area contributed by atoms with Crippen molar-refractivity contribution in [3.05, 3.63) is 30.3 Å². The first kappa shape index (κ1) is 14.4. The largest absolute Gasteiger partial charge is 0.493 e. The fraction of sp³-hybridized carbons (Fsp3) is 0.467. The lowest BCUT2D eigenvalue weighted by molar-refractivity contribution is -0.141. The van der Waals surface area contributed by atoms with Crippen LogP contribution in [0.1, 0.15) is 13.3 Å². The quantitative estimate of drug-likeness (QED) is 0.888. The molecule has 1 aromatic carbocycles. The molecule has 1 aliphatic heterocycles. The van der Waals surface area contributed by atoms with E-state index in [1.54, 1.807) is 11.8 Å². The van der Waals surface area contributed by atoms with E-state index in [0.717, 1.165) is 5.75 Å². The molecule has 1 heterocycles. The maximum Gasteiger partial charge on any atom is 0.308 e. The Labute approximate surface area is 118 Å². The van der Waals surface area contributed by atoms with Crippen LogP contribution in [0.3, 0.4) is 0 Å². The van der Waals surface area contributed by atoms with Gasteiger partial charge in [0, 0.05) is 13.1 Å². The lowest BCUT2D eigenvalue weighted by Gasteiger charge is -2.20. The minimum atomic E-state index is -0.825. The standard InChI is InChI=1S/C15H19NO4/c1-11(10-20-13-5-3-2-4-6-13)14(17)16-8-7-12(9-16)15(18)19/h2-6,11-12H,7-10H2,1H3,(H,18,19)/t11-,12+/m1/s1. The Bertz CT molecular complexity index is 474. The molecule has 1 aliphatic rings. The van der Waals surface area contributed by atoms with Crippen molar-refractivity contribution in [2.24, 2.45) is 11.8 Å². The highest BCUT2D eigenvalue weighted by Gasteiger charge is 2.32. The summed E-state index contributed by atoms with van der Waals surface area (Å²) in [5.41, 5.74) is 0. The van der Waals surface area contributed by atoms with Crippen LogP contribution < -0.4 is 4.74 Å². The zero-order valence-corrected chi connectivity index (χ0v) is 11.5. The third-order valence-electron chi connectivity index (χ3n) is 3.51. The smallest absolute Gasteiger partial charge is 0.308 e. The van der Waals surface area contributed by atoms with E-state index in [1.165, 1.54) is 0 Å².